The summed E-state index contributed by atoms with van der Waals surface area (Å²) in [6, 6.07) is 9.85. The number of hydrogen-bond donors (Lipinski definition) is 1. The molecule has 3 aromatic rings. The maximum Gasteiger partial charge on any atom is 0.246 e. The first-order valence-corrected chi connectivity index (χ1v) is 10.9. The topological polar surface area (TPSA) is 78.7 Å². The lowest BCUT2D eigenvalue weighted by Gasteiger charge is -2.17. The van der Waals surface area contributed by atoms with Gasteiger partial charge in [0.25, 0.3) is 0 Å². The quantitative estimate of drug-likeness (QED) is 0.596. The summed E-state index contributed by atoms with van der Waals surface area (Å²) in [5.41, 5.74) is 3.65. The number of fused-ring (bicyclic) bond motifs is 2. The molecule has 0 aliphatic carbocycles. The molecule has 0 fully saturated rings. The Morgan fingerprint density at radius 1 is 1.31 bits per heavy atom. The number of likely N-dealkylation sites (N-methyl/N-ethyl adjacent to an activating group) is 1. The van der Waals surface area contributed by atoms with E-state index in [1.807, 2.05) is 37.3 Å². The Morgan fingerprint density at radius 2 is 2.12 bits per heavy atom. The molecular formula is C25H28N4O3. The number of pyridine rings is 1. The molecule has 7 heteroatoms. The van der Waals surface area contributed by atoms with Crippen LogP contribution in [0.1, 0.15) is 35.8 Å². The van der Waals surface area contributed by atoms with Crippen LogP contribution >= 0.6 is 0 Å². The predicted molar refractivity (Wildman–Crippen MR) is 125 cm³/mol. The van der Waals surface area contributed by atoms with Crippen LogP contribution in [0.2, 0.25) is 0 Å². The molecule has 1 aromatic carbocycles. The van der Waals surface area contributed by atoms with Crippen LogP contribution < -0.4 is 5.32 Å². The SMILES string of the molecule is CCCN1CC(=O)Nc2ncc(/C=C/C(=O)N(C)Cc3oc4ccccc4c3C)cc2C1. The van der Waals surface area contributed by atoms with Crippen molar-refractivity contribution >= 4 is 34.7 Å². The van der Waals surface area contributed by atoms with Crippen molar-refractivity contribution in [2.75, 3.05) is 25.5 Å². The van der Waals surface area contributed by atoms with Crippen LogP contribution in [0.3, 0.4) is 0 Å². The molecule has 2 aromatic heterocycles. The third kappa shape index (κ3) is 4.73. The highest BCUT2D eigenvalue weighted by Gasteiger charge is 2.20. The molecule has 3 heterocycles. The fraction of sp³-hybridized carbons (Fsp3) is 0.320. The van der Waals surface area contributed by atoms with E-state index in [0.717, 1.165) is 46.4 Å². The second-order valence-corrected chi connectivity index (χ2v) is 8.21. The van der Waals surface area contributed by atoms with E-state index in [4.69, 9.17) is 4.42 Å². The molecule has 7 nitrogen and oxygen atoms in total. The van der Waals surface area contributed by atoms with Crippen LogP contribution in [-0.4, -0.2) is 46.7 Å². The van der Waals surface area contributed by atoms with Crippen molar-refractivity contribution in [3.8, 4) is 0 Å². The molecule has 0 saturated carbocycles. The Morgan fingerprint density at radius 3 is 2.91 bits per heavy atom. The molecule has 0 unspecified atom stereocenters. The van der Waals surface area contributed by atoms with Gasteiger partial charge in [0.05, 0.1) is 13.1 Å². The monoisotopic (exact) mass is 432 g/mol. The summed E-state index contributed by atoms with van der Waals surface area (Å²) in [4.78, 5) is 32.9. The zero-order chi connectivity index (χ0) is 22.7. The first-order chi connectivity index (χ1) is 15.4. The minimum atomic E-state index is -0.124. The van der Waals surface area contributed by atoms with E-state index >= 15 is 0 Å². The van der Waals surface area contributed by atoms with E-state index < -0.39 is 0 Å². The van der Waals surface area contributed by atoms with Gasteiger partial charge < -0.3 is 14.6 Å². The smallest absolute Gasteiger partial charge is 0.246 e. The highest BCUT2D eigenvalue weighted by atomic mass is 16.3. The second-order valence-electron chi connectivity index (χ2n) is 8.21. The second kappa shape index (κ2) is 9.36. The summed E-state index contributed by atoms with van der Waals surface area (Å²) in [6.07, 6.45) is 5.94. The van der Waals surface area contributed by atoms with E-state index in [9.17, 15) is 9.59 Å². The molecule has 0 saturated heterocycles. The first-order valence-electron chi connectivity index (χ1n) is 10.9. The lowest BCUT2D eigenvalue weighted by atomic mass is 10.1. The number of furan rings is 1. The Labute approximate surface area is 187 Å². The zero-order valence-electron chi connectivity index (χ0n) is 18.7. The third-order valence-corrected chi connectivity index (χ3v) is 5.66. The van der Waals surface area contributed by atoms with Gasteiger partial charge in [0, 0.05) is 42.4 Å². The van der Waals surface area contributed by atoms with Gasteiger partial charge in [0.15, 0.2) is 0 Å². The number of aromatic nitrogens is 1. The van der Waals surface area contributed by atoms with E-state index in [1.54, 1.807) is 30.3 Å². The highest BCUT2D eigenvalue weighted by molar-refractivity contribution is 5.93. The van der Waals surface area contributed by atoms with E-state index in [2.05, 4.69) is 22.1 Å². The molecule has 1 aliphatic rings. The fourth-order valence-electron chi connectivity index (χ4n) is 3.96. The van der Waals surface area contributed by atoms with Gasteiger partial charge >= 0.3 is 0 Å². The molecule has 0 bridgehead atoms. The van der Waals surface area contributed by atoms with E-state index in [-0.39, 0.29) is 11.8 Å². The molecule has 1 N–H and O–H groups in total. The van der Waals surface area contributed by atoms with Crippen molar-refractivity contribution in [3.05, 3.63) is 65.1 Å². The van der Waals surface area contributed by atoms with Crippen molar-refractivity contribution in [1.82, 2.24) is 14.8 Å². The van der Waals surface area contributed by atoms with Gasteiger partial charge in [0.1, 0.15) is 17.2 Å². The normalized spacial score (nSPS) is 14.4. The van der Waals surface area contributed by atoms with Gasteiger partial charge in [-0.05, 0) is 43.7 Å². The summed E-state index contributed by atoms with van der Waals surface area (Å²) in [6.45, 7) is 6.35. The number of aryl methyl sites for hydroxylation is 1. The van der Waals surface area contributed by atoms with Crippen molar-refractivity contribution in [2.24, 2.45) is 0 Å². The average Bonchev–Trinajstić information content (AvgIpc) is 2.99. The summed E-state index contributed by atoms with van der Waals surface area (Å²) in [5, 5.41) is 3.93. The van der Waals surface area contributed by atoms with E-state index in [0.29, 0.717) is 25.5 Å². The number of nitrogens with zero attached hydrogens (tertiary/aromatic N) is 3. The molecule has 1 aliphatic heterocycles. The standard InChI is InChI=1S/C25H28N4O3/c1-4-11-29-14-19-12-18(13-26-25(19)27-23(30)16-29)9-10-24(31)28(3)15-22-17(2)20-7-5-6-8-21(20)32-22/h5-10,12-13H,4,11,14-16H2,1-3H3,(H,26,27,30)/b10-9+. The third-order valence-electron chi connectivity index (χ3n) is 5.66. The Bertz CT molecular complexity index is 1180. The number of carbonyl (C=O) groups is 2. The van der Waals surface area contributed by atoms with E-state index in [1.165, 1.54) is 0 Å². The number of anilines is 1. The molecular weight excluding hydrogens is 404 g/mol. The number of nitrogens with one attached hydrogen (secondary N) is 1. The molecule has 4 rings (SSSR count). The van der Waals surface area contributed by atoms with Gasteiger partial charge in [-0.3, -0.25) is 14.5 Å². The van der Waals surface area contributed by atoms with Crippen LogP contribution in [0.25, 0.3) is 17.0 Å². The Balaban J connectivity index is 1.46. The van der Waals surface area contributed by atoms with Crippen molar-refractivity contribution in [2.45, 2.75) is 33.4 Å². The Kier molecular flexibility index (Phi) is 6.37. The molecule has 0 atom stereocenters. The van der Waals surface area contributed by atoms with Gasteiger partial charge in [-0.1, -0.05) is 25.1 Å². The minimum Gasteiger partial charge on any atom is -0.459 e. The molecule has 0 radical (unpaired) electrons. The molecule has 0 spiro atoms. The maximum atomic E-state index is 12.7. The van der Waals surface area contributed by atoms with Crippen LogP contribution in [0.15, 0.2) is 47.0 Å². The largest absolute Gasteiger partial charge is 0.459 e. The molecule has 2 amide bonds. The first kappa shape index (κ1) is 21.8. The molecule has 32 heavy (non-hydrogen) atoms. The van der Waals surface area contributed by atoms with Gasteiger partial charge in [0.2, 0.25) is 11.8 Å². The number of para-hydroxylation sites is 1. The van der Waals surface area contributed by atoms with Crippen molar-refractivity contribution in [3.63, 3.8) is 0 Å². The number of carbonyl (C=O) groups excluding carboxylic acids is 2. The summed E-state index contributed by atoms with van der Waals surface area (Å²) in [7, 11) is 1.76. The van der Waals surface area contributed by atoms with Crippen molar-refractivity contribution in [1.29, 1.82) is 0 Å². The van der Waals surface area contributed by atoms with Crippen molar-refractivity contribution < 1.29 is 14.0 Å². The summed E-state index contributed by atoms with van der Waals surface area (Å²) < 4.78 is 5.93. The zero-order valence-corrected chi connectivity index (χ0v) is 18.7. The van der Waals surface area contributed by atoms with Crippen LogP contribution in [-0.2, 0) is 22.7 Å². The fourth-order valence-corrected chi connectivity index (χ4v) is 3.96. The van der Waals surface area contributed by atoms with Crippen LogP contribution in [0.5, 0.6) is 0 Å². The number of hydrogen-bond acceptors (Lipinski definition) is 5. The number of benzene rings is 1. The highest BCUT2D eigenvalue weighted by Crippen LogP contribution is 2.26. The summed E-state index contributed by atoms with van der Waals surface area (Å²) in [5.74, 6) is 1.20. The number of rotatable bonds is 6. The van der Waals surface area contributed by atoms with Crippen LogP contribution in [0.4, 0.5) is 5.82 Å². The Hall–Kier alpha value is -3.45. The number of amides is 2. The van der Waals surface area contributed by atoms with Gasteiger partial charge in [-0.2, -0.15) is 0 Å². The lowest BCUT2D eigenvalue weighted by molar-refractivity contribution is -0.125. The lowest BCUT2D eigenvalue weighted by Crippen LogP contribution is -2.30. The average molecular weight is 433 g/mol. The minimum absolute atomic E-state index is 0.0503. The summed E-state index contributed by atoms with van der Waals surface area (Å²) >= 11 is 0. The van der Waals surface area contributed by atoms with Gasteiger partial charge in [-0.25, -0.2) is 4.98 Å². The van der Waals surface area contributed by atoms with Gasteiger partial charge in [-0.15, -0.1) is 0 Å². The maximum absolute atomic E-state index is 12.7. The van der Waals surface area contributed by atoms with Crippen LogP contribution in [0, 0.1) is 6.92 Å². The predicted octanol–water partition coefficient (Wildman–Crippen LogP) is 3.97. The molecule has 166 valence electrons.